The lowest BCUT2D eigenvalue weighted by Gasteiger charge is -2.26. The molecule has 0 bridgehead atoms. The van der Waals surface area contributed by atoms with Crippen molar-refractivity contribution >= 4 is 29.6 Å². The van der Waals surface area contributed by atoms with E-state index in [0.717, 1.165) is 44.5 Å². The summed E-state index contributed by atoms with van der Waals surface area (Å²) in [4.78, 5) is 33.2. The third-order valence-electron chi connectivity index (χ3n) is 6.30. The number of aromatic nitrogens is 3. The molecule has 1 aliphatic carbocycles. The minimum absolute atomic E-state index is 0. The summed E-state index contributed by atoms with van der Waals surface area (Å²) >= 11 is 0. The number of amides is 1. The summed E-state index contributed by atoms with van der Waals surface area (Å²) in [5.74, 6) is 0. The molecule has 3 aromatic rings. The molecular weight excluding hydrogens is 430 g/mol. The first-order valence-electron chi connectivity index (χ1n) is 11.0. The number of halogens is 1. The summed E-state index contributed by atoms with van der Waals surface area (Å²) in [6.07, 6.45) is 4.56. The number of imidazole rings is 1. The van der Waals surface area contributed by atoms with Crippen molar-refractivity contribution in [1.82, 2.24) is 24.3 Å². The van der Waals surface area contributed by atoms with Crippen molar-refractivity contribution in [2.75, 3.05) is 32.8 Å². The molecule has 32 heavy (non-hydrogen) atoms. The quantitative estimate of drug-likeness (QED) is 0.651. The van der Waals surface area contributed by atoms with Crippen molar-refractivity contribution in [2.24, 2.45) is 0 Å². The minimum Gasteiger partial charge on any atom is -0.379 e. The summed E-state index contributed by atoms with van der Waals surface area (Å²) in [5.41, 5.74) is 3.14. The highest BCUT2D eigenvalue weighted by molar-refractivity contribution is 5.88. The first-order chi connectivity index (χ1) is 15.2. The van der Waals surface area contributed by atoms with Crippen molar-refractivity contribution in [1.29, 1.82) is 0 Å². The average Bonchev–Trinajstić information content (AvgIpc) is 3.10. The van der Waals surface area contributed by atoms with Crippen LogP contribution in [0, 0.1) is 0 Å². The summed E-state index contributed by atoms with van der Waals surface area (Å²) < 4.78 is 8.24. The number of carbonyl (C=O) groups is 1. The summed E-state index contributed by atoms with van der Waals surface area (Å²) in [6, 6.07) is 11.3. The molecular formula is C23H28ClN5O3. The van der Waals surface area contributed by atoms with Crippen LogP contribution in [0.4, 0.5) is 4.79 Å². The number of aryl methyl sites for hydroxylation is 1. The summed E-state index contributed by atoms with van der Waals surface area (Å²) in [7, 11) is 0. The van der Waals surface area contributed by atoms with E-state index in [2.05, 4.69) is 27.3 Å². The highest BCUT2D eigenvalue weighted by atomic mass is 35.5. The molecule has 0 spiro atoms. The molecule has 0 radical (unpaired) electrons. The van der Waals surface area contributed by atoms with Gasteiger partial charge >= 0.3 is 11.7 Å². The topological polar surface area (TPSA) is 81.4 Å². The van der Waals surface area contributed by atoms with E-state index in [9.17, 15) is 9.59 Å². The van der Waals surface area contributed by atoms with E-state index < -0.39 is 6.03 Å². The Balaban J connectivity index is 0.00000245. The molecule has 1 atom stereocenters. The van der Waals surface area contributed by atoms with Crippen LogP contribution in [0.2, 0.25) is 0 Å². The maximum Gasteiger partial charge on any atom is 0.338 e. The molecule has 3 heterocycles. The van der Waals surface area contributed by atoms with Gasteiger partial charge in [-0.25, -0.2) is 19.1 Å². The fourth-order valence-electron chi connectivity index (χ4n) is 4.67. The van der Waals surface area contributed by atoms with Crippen LogP contribution < -0.4 is 11.0 Å². The number of carbonyl (C=O) groups excluding carboxylic acids is 1. The van der Waals surface area contributed by atoms with Gasteiger partial charge in [0.1, 0.15) is 0 Å². The average molecular weight is 458 g/mol. The molecule has 1 aromatic carbocycles. The second-order valence-corrected chi connectivity index (χ2v) is 8.16. The molecule has 0 saturated carbocycles. The van der Waals surface area contributed by atoms with E-state index in [1.54, 1.807) is 22.9 Å². The fraction of sp³-hybridized carbons (Fsp3) is 0.435. The number of nitrogens with zero attached hydrogens (tertiary/aromatic N) is 4. The molecule has 1 aliphatic heterocycles. The van der Waals surface area contributed by atoms with E-state index in [4.69, 9.17) is 4.74 Å². The van der Waals surface area contributed by atoms with E-state index in [1.807, 2.05) is 12.1 Å². The van der Waals surface area contributed by atoms with Gasteiger partial charge in [-0.1, -0.05) is 24.3 Å². The molecule has 2 aromatic heterocycles. The molecule has 1 unspecified atom stereocenters. The van der Waals surface area contributed by atoms with Gasteiger partial charge in [-0.15, -0.1) is 12.4 Å². The minimum atomic E-state index is -0.394. The molecule has 5 rings (SSSR count). The Morgan fingerprint density at radius 3 is 2.78 bits per heavy atom. The number of benzene rings is 1. The van der Waals surface area contributed by atoms with E-state index in [-0.39, 0.29) is 24.1 Å². The van der Waals surface area contributed by atoms with E-state index in [1.165, 1.54) is 10.1 Å². The molecule has 1 amide bonds. The maximum absolute atomic E-state index is 13.3. The molecule has 2 aliphatic rings. The van der Waals surface area contributed by atoms with Gasteiger partial charge in [0.25, 0.3) is 0 Å². The van der Waals surface area contributed by atoms with Crippen molar-refractivity contribution in [3.63, 3.8) is 0 Å². The normalized spacial score (nSPS) is 18.7. The third kappa shape index (κ3) is 4.30. The Bertz CT molecular complexity index is 1150. The summed E-state index contributed by atoms with van der Waals surface area (Å²) in [6.45, 7) is 4.32. The van der Waals surface area contributed by atoms with Crippen molar-refractivity contribution in [3.8, 4) is 0 Å². The zero-order chi connectivity index (χ0) is 21.2. The molecule has 9 heteroatoms. The molecule has 170 valence electrons. The number of hydrogen-bond acceptors (Lipinski definition) is 5. The Kier molecular flexibility index (Phi) is 6.93. The van der Waals surface area contributed by atoms with E-state index in [0.29, 0.717) is 30.9 Å². The summed E-state index contributed by atoms with van der Waals surface area (Å²) in [5, 5.41) is 3.10. The lowest BCUT2D eigenvalue weighted by molar-refractivity contribution is 0.0364. The molecule has 1 N–H and O–H groups in total. The monoisotopic (exact) mass is 457 g/mol. The van der Waals surface area contributed by atoms with Gasteiger partial charge in [0, 0.05) is 32.4 Å². The van der Waals surface area contributed by atoms with Gasteiger partial charge in [-0.3, -0.25) is 9.47 Å². The Morgan fingerprint density at radius 2 is 1.94 bits per heavy atom. The Hall–Kier alpha value is -2.68. The SMILES string of the molecule is Cl.O=C(NC1CCCc2ccccc21)n1c(=O)n(CCN2CCOCC2)c2ncccc21. The first kappa shape index (κ1) is 22.5. The van der Waals surface area contributed by atoms with Gasteiger partial charge in [0.15, 0.2) is 5.65 Å². The second kappa shape index (κ2) is 9.85. The highest BCUT2D eigenvalue weighted by Crippen LogP contribution is 2.29. The van der Waals surface area contributed by atoms with Crippen molar-refractivity contribution in [2.45, 2.75) is 31.8 Å². The number of pyridine rings is 1. The molecule has 1 saturated heterocycles. The Labute approximate surface area is 192 Å². The Morgan fingerprint density at radius 1 is 1.12 bits per heavy atom. The lowest BCUT2D eigenvalue weighted by Crippen LogP contribution is -2.41. The van der Waals surface area contributed by atoms with Crippen molar-refractivity contribution < 1.29 is 9.53 Å². The zero-order valence-electron chi connectivity index (χ0n) is 17.9. The van der Waals surface area contributed by atoms with Crippen LogP contribution in [0.1, 0.15) is 30.0 Å². The predicted molar refractivity (Wildman–Crippen MR) is 125 cm³/mol. The molecule has 8 nitrogen and oxygen atoms in total. The van der Waals surface area contributed by atoms with Gasteiger partial charge in [-0.2, -0.15) is 0 Å². The predicted octanol–water partition coefficient (Wildman–Crippen LogP) is 2.59. The number of hydrogen-bond donors (Lipinski definition) is 1. The lowest BCUT2D eigenvalue weighted by atomic mass is 9.88. The molecule has 1 fully saturated rings. The van der Waals surface area contributed by atoms with Crippen LogP contribution in [0.5, 0.6) is 0 Å². The van der Waals surface area contributed by atoms with Crippen LogP contribution in [-0.2, 0) is 17.7 Å². The van der Waals surface area contributed by atoms with Crippen LogP contribution in [0.15, 0.2) is 47.4 Å². The van der Waals surface area contributed by atoms with Gasteiger partial charge < -0.3 is 10.1 Å². The zero-order valence-corrected chi connectivity index (χ0v) is 18.7. The smallest absolute Gasteiger partial charge is 0.338 e. The number of rotatable bonds is 4. The van der Waals surface area contributed by atoms with Crippen LogP contribution in [0.25, 0.3) is 11.2 Å². The first-order valence-corrected chi connectivity index (χ1v) is 11.0. The number of nitrogens with one attached hydrogen (secondary N) is 1. The largest absolute Gasteiger partial charge is 0.379 e. The second-order valence-electron chi connectivity index (χ2n) is 8.16. The van der Waals surface area contributed by atoms with Gasteiger partial charge in [0.2, 0.25) is 0 Å². The van der Waals surface area contributed by atoms with Crippen molar-refractivity contribution in [3.05, 3.63) is 64.2 Å². The third-order valence-corrected chi connectivity index (χ3v) is 6.30. The van der Waals surface area contributed by atoms with Gasteiger partial charge in [0.05, 0.1) is 24.8 Å². The number of fused-ring (bicyclic) bond motifs is 2. The maximum atomic E-state index is 13.3. The highest BCUT2D eigenvalue weighted by Gasteiger charge is 2.25. The van der Waals surface area contributed by atoms with Crippen LogP contribution in [-0.4, -0.2) is 57.9 Å². The van der Waals surface area contributed by atoms with Gasteiger partial charge in [-0.05, 0) is 42.5 Å². The van der Waals surface area contributed by atoms with E-state index >= 15 is 0 Å². The van der Waals surface area contributed by atoms with Crippen LogP contribution >= 0.6 is 12.4 Å². The standard InChI is InChI=1S/C23H27N5O3.ClH/c29-22(25-19-8-3-6-17-5-1-2-7-18(17)19)28-20-9-4-10-24-21(20)27(23(28)30)12-11-26-13-15-31-16-14-26;/h1-2,4-5,7,9-10,19H,3,6,8,11-16H2,(H,25,29);1H. The number of morpholine rings is 1. The van der Waals surface area contributed by atoms with Crippen LogP contribution in [0.3, 0.4) is 0 Å². The number of ether oxygens (including phenoxy) is 1. The fourth-order valence-corrected chi connectivity index (χ4v) is 4.67.